The Kier molecular flexibility index (Phi) is 7.31. The zero-order chi connectivity index (χ0) is 32.2. The van der Waals surface area contributed by atoms with Crippen LogP contribution in [0.15, 0.2) is 67.0 Å². The molecule has 2 N–H and O–H groups in total. The van der Waals surface area contributed by atoms with E-state index in [0.29, 0.717) is 50.0 Å². The molecular weight excluding hydrogens is 620 g/mol. The maximum absolute atomic E-state index is 14.0. The SMILES string of the molecule is Cc1nc(F)ccc1[C@H](Nc1cc(Cl)c2ncc(C#N)c(NC(c3ccccc3)C3CC3)c2c1)c1cn(C2(C(F)(F)F)CC2)nn1. The van der Waals surface area contributed by atoms with Crippen molar-refractivity contribution in [2.45, 2.75) is 56.4 Å². The van der Waals surface area contributed by atoms with E-state index in [1.54, 1.807) is 19.1 Å². The molecule has 3 aromatic heterocycles. The van der Waals surface area contributed by atoms with E-state index in [1.165, 1.54) is 24.5 Å². The highest BCUT2D eigenvalue weighted by Crippen LogP contribution is 2.55. The van der Waals surface area contributed by atoms with E-state index in [0.717, 1.165) is 23.1 Å². The lowest BCUT2D eigenvalue weighted by Crippen LogP contribution is -2.35. The van der Waals surface area contributed by atoms with Crippen molar-refractivity contribution in [3.05, 3.63) is 106 Å². The van der Waals surface area contributed by atoms with Crippen LogP contribution in [0.4, 0.5) is 28.9 Å². The van der Waals surface area contributed by atoms with Crippen LogP contribution in [0.3, 0.4) is 0 Å². The first kappa shape index (κ1) is 29.9. The Morgan fingerprint density at radius 3 is 2.50 bits per heavy atom. The number of aromatic nitrogens is 5. The Labute approximate surface area is 266 Å². The summed E-state index contributed by atoms with van der Waals surface area (Å²) in [7, 11) is 0. The molecule has 8 nitrogen and oxygen atoms in total. The number of hydrogen-bond donors (Lipinski definition) is 2. The van der Waals surface area contributed by atoms with Crippen LogP contribution in [0.5, 0.6) is 0 Å². The van der Waals surface area contributed by atoms with E-state index >= 15 is 0 Å². The quantitative estimate of drug-likeness (QED) is 0.123. The van der Waals surface area contributed by atoms with Crippen LogP contribution in [0.2, 0.25) is 5.02 Å². The van der Waals surface area contributed by atoms with E-state index in [2.05, 4.69) is 37.0 Å². The lowest BCUT2D eigenvalue weighted by molar-refractivity contribution is -0.182. The van der Waals surface area contributed by atoms with Crippen molar-refractivity contribution in [1.82, 2.24) is 25.0 Å². The summed E-state index contributed by atoms with van der Waals surface area (Å²) in [6.07, 6.45) is 0.177. The second-order valence-corrected chi connectivity index (χ2v) is 12.3. The van der Waals surface area contributed by atoms with Crippen LogP contribution in [0.1, 0.15) is 65.8 Å². The molecule has 1 unspecified atom stereocenters. The van der Waals surface area contributed by atoms with Gasteiger partial charge < -0.3 is 10.6 Å². The van der Waals surface area contributed by atoms with Gasteiger partial charge >= 0.3 is 6.18 Å². The van der Waals surface area contributed by atoms with Crippen LogP contribution in [0, 0.1) is 30.1 Å². The number of halogens is 5. The third-order valence-electron chi connectivity index (χ3n) is 8.81. The van der Waals surface area contributed by atoms with Crippen molar-refractivity contribution < 1.29 is 17.6 Å². The van der Waals surface area contributed by atoms with Crippen LogP contribution in [0.25, 0.3) is 10.9 Å². The van der Waals surface area contributed by atoms with Crippen molar-refractivity contribution in [1.29, 1.82) is 5.26 Å². The van der Waals surface area contributed by atoms with Crippen molar-refractivity contribution in [2.24, 2.45) is 5.92 Å². The van der Waals surface area contributed by atoms with Gasteiger partial charge in [-0.25, -0.2) is 9.67 Å². The number of benzene rings is 2. The Bertz CT molecular complexity index is 1980. The van der Waals surface area contributed by atoms with Gasteiger partial charge in [0.2, 0.25) is 5.95 Å². The Hall–Kier alpha value is -4.76. The molecule has 0 radical (unpaired) electrons. The average molecular weight is 647 g/mol. The second-order valence-electron chi connectivity index (χ2n) is 11.9. The molecular formula is C33H27ClF4N8. The van der Waals surface area contributed by atoms with Crippen LogP contribution < -0.4 is 10.6 Å². The van der Waals surface area contributed by atoms with Crippen molar-refractivity contribution >= 4 is 33.9 Å². The summed E-state index contributed by atoms with van der Waals surface area (Å²) < 4.78 is 56.6. The molecule has 2 fully saturated rings. The maximum atomic E-state index is 14.0. The summed E-state index contributed by atoms with van der Waals surface area (Å²) in [5.41, 5.74) is 1.84. The fourth-order valence-electron chi connectivity index (χ4n) is 6.00. The van der Waals surface area contributed by atoms with Crippen LogP contribution in [-0.4, -0.2) is 31.1 Å². The molecule has 13 heteroatoms. The Balaban J connectivity index is 1.32. The molecule has 46 heavy (non-hydrogen) atoms. The average Bonchev–Trinajstić information content (AvgIpc) is 3.97. The molecule has 2 atom stereocenters. The normalized spacial score (nSPS) is 16.9. The van der Waals surface area contributed by atoms with Crippen molar-refractivity contribution in [3.63, 3.8) is 0 Å². The minimum atomic E-state index is -4.49. The minimum absolute atomic E-state index is 0.0478. The number of aryl methyl sites for hydroxylation is 1. The molecule has 0 aliphatic heterocycles. The zero-order valence-corrected chi connectivity index (χ0v) is 25.2. The number of anilines is 2. The fourth-order valence-corrected chi connectivity index (χ4v) is 6.27. The smallest absolute Gasteiger partial charge is 0.376 e. The summed E-state index contributed by atoms with van der Waals surface area (Å²) in [6.45, 7) is 1.61. The maximum Gasteiger partial charge on any atom is 0.413 e. The van der Waals surface area contributed by atoms with Gasteiger partial charge in [0.05, 0.1) is 40.1 Å². The molecule has 2 aliphatic carbocycles. The van der Waals surface area contributed by atoms with Gasteiger partial charge in [0, 0.05) is 28.5 Å². The first-order chi connectivity index (χ1) is 22.1. The van der Waals surface area contributed by atoms with E-state index in [9.17, 15) is 22.8 Å². The predicted molar refractivity (Wildman–Crippen MR) is 165 cm³/mol. The van der Waals surface area contributed by atoms with Gasteiger partial charge in [-0.1, -0.05) is 53.2 Å². The van der Waals surface area contributed by atoms with E-state index in [1.807, 2.05) is 30.3 Å². The molecule has 2 saturated carbocycles. The minimum Gasteiger partial charge on any atom is -0.376 e. The third kappa shape index (κ3) is 5.38. The lowest BCUT2D eigenvalue weighted by Gasteiger charge is -2.23. The third-order valence-corrected chi connectivity index (χ3v) is 9.10. The number of nitriles is 1. The van der Waals surface area contributed by atoms with Gasteiger partial charge in [-0.3, -0.25) is 4.98 Å². The molecule has 7 rings (SSSR count). The first-order valence-corrected chi connectivity index (χ1v) is 15.2. The largest absolute Gasteiger partial charge is 0.413 e. The summed E-state index contributed by atoms with van der Waals surface area (Å²) in [4.78, 5) is 8.40. The van der Waals surface area contributed by atoms with E-state index in [-0.39, 0.29) is 24.6 Å². The van der Waals surface area contributed by atoms with Crippen molar-refractivity contribution in [2.75, 3.05) is 10.6 Å². The zero-order valence-electron chi connectivity index (χ0n) is 24.5. The van der Waals surface area contributed by atoms with Crippen molar-refractivity contribution in [3.8, 4) is 6.07 Å². The van der Waals surface area contributed by atoms with Gasteiger partial charge in [-0.05, 0) is 62.3 Å². The molecule has 0 bridgehead atoms. The number of nitrogens with zero attached hydrogens (tertiary/aromatic N) is 6. The number of fused-ring (bicyclic) bond motifs is 1. The van der Waals surface area contributed by atoms with Gasteiger partial charge in [0.25, 0.3) is 0 Å². The first-order valence-electron chi connectivity index (χ1n) is 14.8. The number of alkyl halides is 3. The van der Waals surface area contributed by atoms with Gasteiger partial charge in [0.1, 0.15) is 11.8 Å². The molecule has 0 amide bonds. The molecule has 0 spiro atoms. The van der Waals surface area contributed by atoms with Gasteiger partial charge in [0.15, 0.2) is 5.54 Å². The highest BCUT2D eigenvalue weighted by Gasteiger charge is 2.66. The van der Waals surface area contributed by atoms with Crippen LogP contribution >= 0.6 is 11.6 Å². The molecule has 5 aromatic rings. The Morgan fingerprint density at radius 1 is 1.09 bits per heavy atom. The van der Waals surface area contributed by atoms with E-state index < -0.39 is 23.7 Å². The van der Waals surface area contributed by atoms with Gasteiger partial charge in [-0.2, -0.15) is 22.8 Å². The summed E-state index contributed by atoms with van der Waals surface area (Å²) in [6, 6.07) is 17.4. The van der Waals surface area contributed by atoms with E-state index in [4.69, 9.17) is 11.6 Å². The summed E-state index contributed by atoms with van der Waals surface area (Å²) in [5.74, 6) is -0.304. The predicted octanol–water partition coefficient (Wildman–Crippen LogP) is 8.01. The topological polar surface area (TPSA) is 104 Å². The highest BCUT2D eigenvalue weighted by molar-refractivity contribution is 6.35. The highest BCUT2D eigenvalue weighted by atomic mass is 35.5. The fraction of sp³-hybridized carbons (Fsp3) is 0.303. The number of hydrogen-bond acceptors (Lipinski definition) is 7. The van der Waals surface area contributed by atoms with Gasteiger partial charge in [-0.15, -0.1) is 5.10 Å². The standard InChI is InChI=1S/C33H27ClF4N8/c1-18-23(9-10-27(35)41-18)31(26-17-46(45-44-26)32(11-12-32)33(36,37)38)42-22-13-24-29(21(15-39)16-40-30(24)25(34)14-22)43-28(20-7-8-20)19-5-3-2-4-6-19/h2-6,9-10,13-14,16-17,20,28,31,42H,7-8,11-12H2,1H3,(H,40,43)/t28?,31-/m0/s1. The second kappa shape index (κ2) is 11.2. The van der Waals surface area contributed by atoms with Crippen LogP contribution in [-0.2, 0) is 5.54 Å². The molecule has 234 valence electrons. The molecule has 0 saturated heterocycles. The molecule has 2 aromatic carbocycles. The molecule has 2 aliphatic rings. The molecule has 3 heterocycles. The summed E-state index contributed by atoms with van der Waals surface area (Å²) in [5, 5.41) is 25.9. The Morgan fingerprint density at radius 2 is 1.85 bits per heavy atom. The number of rotatable bonds is 9. The number of nitrogens with one attached hydrogen (secondary N) is 2. The lowest BCUT2D eigenvalue weighted by atomic mass is 10.00. The monoisotopic (exact) mass is 646 g/mol. The summed E-state index contributed by atoms with van der Waals surface area (Å²) >= 11 is 6.78. The number of pyridine rings is 2.